The first kappa shape index (κ1) is 15.9. The van der Waals surface area contributed by atoms with Crippen molar-refractivity contribution in [2.45, 2.75) is 45.4 Å². The average molecular weight is 251 g/mol. The molecule has 0 rings (SSSR count). The van der Waals surface area contributed by atoms with Crippen LogP contribution in [0.4, 0.5) is 0 Å². The maximum atomic E-state index is 11.8. The third kappa shape index (κ3) is 4.80. The van der Waals surface area contributed by atoms with Crippen LogP contribution in [0, 0.1) is 5.92 Å². The minimum atomic E-state index is -3.07. The SMILES string of the molecule is CC(C)C(CO)NCCS(=O)(=O)C(C)(C)C. The number of aliphatic hydroxyl groups excluding tert-OH is 1. The number of aliphatic hydroxyl groups is 1. The van der Waals surface area contributed by atoms with Gasteiger partial charge in [-0.05, 0) is 26.7 Å². The van der Waals surface area contributed by atoms with Crippen molar-refractivity contribution in [3.05, 3.63) is 0 Å². The molecule has 0 spiro atoms. The first-order valence-electron chi connectivity index (χ1n) is 5.68. The predicted octanol–water partition coefficient (Wildman–Crippen LogP) is 0.806. The molecule has 0 amide bonds. The Morgan fingerprint density at radius 3 is 2.06 bits per heavy atom. The topological polar surface area (TPSA) is 66.4 Å². The summed E-state index contributed by atoms with van der Waals surface area (Å²) >= 11 is 0. The summed E-state index contributed by atoms with van der Waals surface area (Å²) in [5.74, 6) is 0.405. The van der Waals surface area contributed by atoms with Crippen molar-refractivity contribution in [2.24, 2.45) is 5.92 Å². The van der Waals surface area contributed by atoms with Crippen molar-refractivity contribution in [1.82, 2.24) is 5.32 Å². The van der Waals surface area contributed by atoms with E-state index in [1.165, 1.54) is 0 Å². The van der Waals surface area contributed by atoms with Crippen molar-refractivity contribution >= 4 is 9.84 Å². The molecule has 0 aliphatic rings. The fourth-order valence-electron chi connectivity index (χ4n) is 1.20. The molecule has 0 aliphatic heterocycles. The van der Waals surface area contributed by atoms with Gasteiger partial charge in [-0.2, -0.15) is 0 Å². The van der Waals surface area contributed by atoms with E-state index < -0.39 is 14.6 Å². The molecule has 4 nitrogen and oxygen atoms in total. The molecule has 0 aromatic rings. The van der Waals surface area contributed by atoms with Crippen molar-refractivity contribution in [3.8, 4) is 0 Å². The summed E-state index contributed by atoms with van der Waals surface area (Å²) < 4.78 is 22.9. The summed E-state index contributed by atoms with van der Waals surface area (Å²) in [5.41, 5.74) is 0. The van der Waals surface area contributed by atoms with Crippen molar-refractivity contribution in [1.29, 1.82) is 0 Å². The van der Waals surface area contributed by atoms with Gasteiger partial charge in [-0.25, -0.2) is 8.42 Å². The molecule has 0 aromatic carbocycles. The Morgan fingerprint density at radius 2 is 1.75 bits per heavy atom. The molecule has 0 aliphatic carbocycles. The Bertz CT molecular complexity index is 291. The minimum Gasteiger partial charge on any atom is -0.395 e. The van der Waals surface area contributed by atoms with Crippen molar-refractivity contribution < 1.29 is 13.5 Å². The highest BCUT2D eigenvalue weighted by Gasteiger charge is 2.28. The van der Waals surface area contributed by atoms with E-state index in [-0.39, 0.29) is 18.4 Å². The molecule has 0 bridgehead atoms. The molecule has 2 N–H and O–H groups in total. The lowest BCUT2D eigenvalue weighted by Gasteiger charge is -2.22. The molecule has 1 unspecified atom stereocenters. The van der Waals surface area contributed by atoms with Crippen LogP contribution in [0.3, 0.4) is 0 Å². The van der Waals surface area contributed by atoms with Gasteiger partial charge in [0.15, 0.2) is 9.84 Å². The van der Waals surface area contributed by atoms with Gasteiger partial charge in [0.1, 0.15) is 0 Å². The Morgan fingerprint density at radius 1 is 1.25 bits per heavy atom. The lowest BCUT2D eigenvalue weighted by atomic mass is 10.1. The quantitative estimate of drug-likeness (QED) is 0.733. The lowest BCUT2D eigenvalue weighted by molar-refractivity contribution is 0.213. The van der Waals surface area contributed by atoms with E-state index in [2.05, 4.69) is 5.32 Å². The van der Waals surface area contributed by atoms with Gasteiger partial charge in [-0.3, -0.25) is 0 Å². The Kier molecular flexibility index (Phi) is 5.93. The fourth-order valence-corrected chi connectivity index (χ4v) is 2.19. The molecule has 0 fully saturated rings. The molecule has 0 saturated heterocycles. The monoisotopic (exact) mass is 251 g/mol. The Labute approximate surface area is 99.4 Å². The van der Waals surface area contributed by atoms with Crippen molar-refractivity contribution in [3.63, 3.8) is 0 Å². The minimum absolute atomic E-state index is 0.0323. The predicted molar refractivity (Wildman–Crippen MR) is 67.3 cm³/mol. The standard InChI is InChI=1S/C11H25NO3S/c1-9(2)10(8-13)12-6-7-16(14,15)11(3,4)5/h9-10,12-13H,6-8H2,1-5H3. The highest BCUT2D eigenvalue weighted by molar-refractivity contribution is 7.92. The summed E-state index contributed by atoms with van der Waals surface area (Å²) in [4.78, 5) is 0. The highest BCUT2D eigenvalue weighted by atomic mass is 32.2. The molecule has 0 radical (unpaired) electrons. The molecule has 98 valence electrons. The van der Waals surface area contributed by atoms with Gasteiger partial charge in [0, 0.05) is 12.6 Å². The lowest BCUT2D eigenvalue weighted by Crippen LogP contribution is -2.41. The smallest absolute Gasteiger partial charge is 0.156 e. The van der Waals surface area contributed by atoms with E-state index in [1.54, 1.807) is 20.8 Å². The van der Waals surface area contributed by atoms with Gasteiger partial charge in [-0.1, -0.05) is 13.8 Å². The summed E-state index contributed by atoms with van der Waals surface area (Å²) in [7, 11) is -3.07. The van der Waals surface area contributed by atoms with Crippen LogP contribution >= 0.6 is 0 Å². The summed E-state index contributed by atoms with van der Waals surface area (Å²) in [6.07, 6.45) is 0. The molecular formula is C11H25NO3S. The first-order chi connectivity index (χ1) is 7.12. The number of hydrogen-bond donors (Lipinski definition) is 2. The van der Waals surface area contributed by atoms with Crippen LogP contribution in [0.2, 0.25) is 0 Å². The second-order valence-corrected chi connectivity index (χ2v) is 8.28. The van der Waals surface area contributed by atoms with Crippen LogP contribution in [-0.4, -0.2) is 43.2 Å². The highest BCUT2D eigenvalue weighted by Crippen LogP contribution is 2.15. The maximum absolute atomic E-state index is 11.8. The van der Waals surface area contributed by atoms with Crippen LogP contribution in [0.5, 0.6) is 0 Å². The van der Waals surface area contributed by atoms with E-state index in [0.717, 1.165) is 0 Å². The average Bonchev–Trinajstić information content (AvgIpc) is 2.09. The zero-order valence-electron chi connectivity index (χ0n) is 10.9. The molecule has 0 heterocycles. The summed E-state index contributed by atoms with van der Waals surface area (Å²) in [6.45, 7) is 9.52. The number of hydrogen-bond acceptors (Lipinski definition) is 4. The molecule has 16 heavy (non-hydrogen) atoms. The largest absolute Gasteiger partial charge is 0.395 e. The number of sulfone groups is 1. The Balaban J connectivity index is 4.18. The van der Waals surface area contributed by atoms with Crippen LogP contribution in [0.15, 0.2) is 0 Å². The van der Waals surface area contributed by atoms with Crippen LogP contribution in [0.1, 0.15) is 34.6 Å². The van der Waals surface area contributed by atoms with E-state index in [4.69, 9.17) is 5.11 Å². The van der Waals surface area contributed by atoms with E-state index >= 15 is 0 Å². The van der Waals surface area contributed by atoms with Crippen molar-refractivity contribution in [2.75, 3.05) is 18.9 Å². The van der Waals surface area contributed by atoms with E-state index in [1.807, 2.05) is 13.8 Å². The molecule has 5 heteroatoms. The Hall–Kier alpha value is -0.130. The van der Waals surface area contributed by atoms with Gasteiger partial charge in [0.05, 0.1) is 17.1 Å². The zero-order valence-corrected chi connectivity index (χ0v) is 11.8. The molecule has 0 aromatic heterocycles. The second-order valence-electron chi connectivity index (χ2n) is 5.42. The molecular weight excluding hydrogens is 226 g/mol. The summed E-state index contributed by atoms with van der Waals surface area (Å²) in [5, 5.41) is 12.1. The maximum Gasteiger partial charge on any atom is 0.156 e. The van der Waals surface area contributed by atoms with Gasteiger partial charge >= 0.3 is 0 Å². The number of nitrogens with one attached hydrogen (secondary N) is 1. The molecule has 0 saturated carbocycles. The second kappa shape index (κ2) is 5.98. The van der Waals surface area contributed by atoms with Gasteiger partial charge in [0.25, 0.3) is 0 Å². The van der Waals surface area contributed by atoms with Gasteiger partial charge < -0.3 is 10.4 Å². The first-order valence-corrected chi connectivity index (χ1v) is 7.33. The molecule has 1 atom stereocenters. The number of rotatable bonds is 6. The van der Waals surface area contributed by atoms with Crippen LogP contribution in [0.25, 0.3) is 0 Å². The summed E-state index contributed by atoms with van der Waals surface area (Å²) in [6, 6.07) is -0.0323. The normalized spacial score (nSPS) is 15.4. The van der Waals surface area contributed by atoms with Crippen LogP contribution in [-0.2, 0) is 9.84 Å². The van der Waals surface area contributed by atoms with Gasteiger partial charge in [0.2, 0.25) is 0 Å². The third-order valence-electron chi connectivity index (χ3n) is 2.71. The zero-order chi connectivity index (χ0) is 13.0. The van der Waals surface area contributed by atoms with E-state index in [0.29, 0.717) is 12.5 Å². The third-order valence-corrected chi connectivity index (χ3v) is 5.32. The van der Waals surface area contributed by atoms with Crippen LogP contribution < -0.4 is 5.32 Å². The van der Waals surface area contributed by atoms with Gasteiger partial charge in [-0.15, -0.1) is 0 Å². The fraction of sp³-hybridized carbons (Fsp3) is 1.00. The van der Waals surface area contributed by atoms with E-state index in [9.17, 15) is 8.42 Å².